The first-order valence-electron chi connectivity index (χ1n) is 8.19. The molecule has 1 saturated carbocycles. The van der Waals surface area contributed by atoms with Gasteiger partial charge in [0.05, 0.1) is 27.2 Å². The van der Waals surface area contributed by atoms with Crippen molar-refractivity contribution < 1.29 is 22.1 Å². The summed E-state index contributed by atoms with van der Waals surface area (Å²) in [5, 5.41) is 6.71. The Labute approximate surface area is 153 Å². The number of aromatic nitrogens is 2. The van der Waals surface area contributed by atoms with E-state index in [1.165, 1.54) is 12.3 Å². The van der Waals surface area contributed by atoms with E-state index in [2.05, 4.69) is 20.2 Å². The minimum Gasteiger partial charge on any atom is -0.336 e. The first-order chi connectivity index (χ1) is 12.8. The van der Waals surface area contributed by atoms with Crippen LogP contribution in [0.1, 0.15) is 28.9 Å². The van der Waals surface area contributed by atoms with Gasteiger partial charge in [-0.3, -0.25) is 4.79 Å². The second-order valence-electron chi connectivity index (χ2n) is 6.34. The van der Waals surface area contributed by atoms with Gasteiger partial charge < -0.3 is 9.84 Å². The Kier molecular flexibility index (Phi) is 4.16. The number of pyridine rings is 1. The van der Waals surface area contributed by atoms with Gasteiger partial charge in [0.25, 0.3) is 11.6 Å². The van der Waals surface area contributed by atoms with Crippen LogP contribution in [0.2, 0.25) is 0 Å². The number of hydrogen-bond acceptors (Lipinski definition) is 6. The Hall–Kier alpha value is -2.85. The fourth-order valence-electron chi connectivity index (χ4n) is 2.52. The van der Waals surface area contributed by atoms with Crippen LogP contribution >= 0.6 is 0 Å². The van der Waals surface area contributed by atoms with E-state index < -0.39 is 21.7 Å². The van der Waals surface area contributed by atoms with Crippen LogP contribution < -0.4 is 10.0 Å². The number of nitrogens with one attached hydrogen (secondary N) is 2. The van der Waals surface area contributed by atoms with Crippen LogP contribution in [0.25, 0.3) is 11.1 Å². The molecule has 8 nitrogen and oxygen atoms in total. The third kappa shape index (κ3) is 3.53. The number of nitrogens with zero attached hydrogens (tertiary/aromatic N) is 2. The fourth-order valence-corrected chi connectivity index (χ4v) is 3.85. The smallest absolute Gasteiger partial charge is 0.257 e. The molecule has 1 aliphatic carbocycles. The van der Waals surface area contributed by atoms with Crippen molar-refractivity contribution in [1.29, 1.82) is 0 Å². The SMILES string of the molecule is Cc1noc2ncc(C(=O)Nc3cc(S(=O)(=O)NC4CC4)ccc3F)cc12. The highest BCUT2D eigenvalue weighted by Gasteiger charge is 2.28. The highest BCUT2D eigenvalue weighted by atomic mass is 32.2. The van der Waals surface area contributed by atoms with E-state index in [9.17, 15) is 17.6 Å². The number of rotatable bonds is 5. The Morgan fingerprint density at radius 2 is 2.07 bits per heavy atom. The van der Waals surface area contributed by atoms with Gasteiger partial charge >= 0.3 is 0 Å². The van der Waals surface area contributed by atoms with Crippen molar-refractivity contribution in [3.05, 3.63) is 47.5 Å². The second-order valence-corrected chi connectivity index (χ2v) is 8.05. The van der Waals surface area contributed by atoms with E-state index in [1.54, 1.807) is 6.92 Å². The summed E-state index contributed by atoms with van der Waals surface area (Å²) >= 11 is 0. The molecule has 0 saturated heterocycles. The first-order valence-corrected chi connectivity index (χ1v) is 9.67. The molecule has 2 N–H and O–H groups in total. The molecule has 0 radical (unpaired) electrons. The van der Waals surface area contributed by atoms with E-state index in [-0.39, 0.29) is 27.9 Å². The predicted octanol–water partition coefficient (Wildman–Crippen LogP) is 2.36. The normalized spacial score (nSPS) is 14.4. The molecule has 0 bridgehead atoms. The van der Waals surface area contributed by atoms with Crippen molar-refractivity contribution in [2.24, 2.45) is 0 Å². The van der Waals surface area contributed by atoms with Crippen LogP contribution in [0.15, 0.2) is 39.9 Å². The lowest BCUT2D eigenvalue weighted by atomic mass is 10.2. The van der Waals surface area contributed by atoms with Gasteiger partial charge in [-0.1, -0.05) is 5.16 Å². The van der Waals surface area contributed by atoms with Gasteiger partial charge in [-0.25, -0.2) is 22.5 Å². The lowest BCUT2D eigenvalue weighted by molar-refractivity contribution is 0.102. The molecular formula is C17H15FN4O4S. The topological polar surface area (TPSA) is 114 Å². The maximum Gasteiger partial charge on any atom is 0.257 e. The average Bonchev–Trinajstić information content (AvgIpc) is 3.36. The zero-order chi connectivity index (χ0) is 19.2. The monoisotopic (exact) mass is 390 g/mol. The first kappa shape index (κ1) is 17.6. The van der Waals surface area contributed by atoms with Gasteiger partial charge in [0.1, 0.15) is 5.82 Å². The quantitative estimate of drug-likeness (QED) is 0.691. The van der Waals surface area contributed by atoms with Gasteiger partial charge in [0.2, 0.25) is 10.0 Å². The lowest BCUT2D eigenvalue weighted by Gasteiger charge is -2.10. The molecular weight excluding hydrogens is 375 g/mol. The van der Waals surface area contributed by atoms with Crippen LogP contribution in [0.4, 0.5) is 10.1 Å². The van der Waals surface area contributed by atoms with Crippen LogP contribution in [-0.4, -0.2) is 30.5 Å². The zero-order valence-electron chi connectivity index (χ0n) is 14.2. The Balaban J connectivity index is 1.61. The Morgan fingerprint density at radius 3 is 2.81 bits per heavy atom. The zero-order valence-corrected chi connectivity index (χ0v) is 15.0. The summed E-state index contributed by atoms with van der Waals surface area (Å²) in [7, 11) is -3.76. The summed E-state index contributed by atoms with van der Waals surface area (Å²) in [6.45, 7) is 1.70. The summed E-state index contributed by atoms with van der Waals surface area (Å²) in [4.78, 5) is 16.3. The van der Waals surface area contributed by atoms with Crippen LogP contribution in [0.5, 0.6) is 0 Å². The number of fused-ring (bicyclic) bond motifs is 1. The molecule has 1 fully saturated rings. The van der Waals surface area contributed by atoms with Crippen molar-refractivity contribution >= 4 is 32.7 Å². The van der Waals surface area contributed by atoms with Crippen molar-refractivity contribution in [2.75, 3.05) is 5.32 Å². The predicted molar refractivity (Wildman–Crippen MR) is 94.2 cm³/mol. The molecule has 27 heavy (non-hydrogen) atoms. The molecule has 140 valence electrons. The van der Waals surface area contributed by atoms with E-state index in [0.29, 0.717) is 11.1 Å². The third-order valence-corrected chi connectivity index (χ3v) is 5.69. The van der Waals surface area contributed by atoms with Crippen molar-refractivity contribution in [2.45, 2.75) is 30.7 Å². The average molecular weight is 390 g/mol. The van der Waals surface area contributed by atoms with Gasteiger partial charge in [-0.2, -0.15) is 0 Å². The highest BCUT2D eigenvalue weighted by molar-refractivity contribution is 7.89. The number of carbonyl (C=O) groups excluding carboxylic acids is 1. The summed E-state index contributed by atoms with van der Waals surface area (Å²) in [5.41, 5.74) is 0.783. The number of benzene rings is 1. The molecule has 0 spiro atoms. The standard InChI is InChI=1S/C17H15FN4O4S/c1-9-13-6-10(8-19-17(13)26-21-9)16(23)20-15-7-12(4-5-14(15)18)27(24,25)22-11-2-3-11/h4-8,11,22H,2-3H2,1H3,(H,20,23). The highest BCUT2D eigenvalue weighted by Crippen LogP contribution is 2.25. The molecule has 0 atom stereocenters. The minimum absolute atomic E-state index is 0.0808. The molecule has 1 aromatic carbocycles. The maximum absolute atomic E-state index is 14.1. The molecule has 4 rings (SSSR count). The third-order valence-electron chi connectivity index (χ3n) is 4.17. The number of anilines is 1. The molecule has 0 aliphatic heterocycles. The minimum atomic E-state index is -3.76. The van der Waals surface area contributed by atoms with Crippen molar-refractivity contribution in [1.82, 2.24) is 14.9 Å². The molecule has 0 unspecified atom stereocenters. The number of aryl methyl sites for hydroxylation is 1. The second kappa shape index (κ2) is 6.39. The van der Waals surface area contributed by atoms with E-state index >= 15 is 0 Å². The van der Waals surface area contributed by atoms with E-state index in [4.69, 9.17) is 4.52 Å². The molecule has 1 amide bonds. The molecule has 2 heterocycles. The number of hydrogen-bond donors (Lipinski definition) is 2. The lowest BCUT2D eigenvalue weighted by Crippen LogP contribution is -2.26. The van der Waals surface area contributed by atoms with Gasteiger partial charge in [-0.15, -0.1) is 0 Å². The maximum atomic E-state index is 14.1. The van der Waals surface area contributed by atoms with Crippen LogP contribution in [-0.2, 0) is 10.0 Å². The fraction of sp³-hybridized carbons (Fsp3) is 0.235. The number of sulfonamides is 1. The number of carbonyl (C=O) groups is 1. The van der Waals surface area contributed by atoms with Crippen LogP contribution in [0, 0.1) is 12.7 Å². The van der Waals surface area contributed by atoms with Crippen LogP contribution in [0.3, 0.4) is 0 Å². The molecule has 2 aromatic heterocycles. The number of halogens is 1. The van der Waals surface area contributed by atoms with Gasteiger partial charge in [0.15, 0.2) is 0 Å². The summed E-state index contributed by atoms with van der Waals surface area (Å²) in [6, 6.07) is 4.69. The Morgan fingerprint density at radius 1 is 1.30 bits per heavy atom. The number of amides is 1. The molecule has 1 aliphatic rings. The van der Waals surface area contributed by atoms with Gasteiger partial charge in [-0.05, 0) is 44.0 Å². The Bertz CT molecular complexity index is 1150. The summed E-state index contributed by atoms with van der Waals surface area (Å²) in [5.74, 6) is -1.38. The van der Waals surface area contributed by atoms with E-state index in [1.807, 2.05) is 0 Å². The van der Waals surface area contributed by atoms with Gasteiger partial charge in [0, 0.05) is 12.2 Å². The van der Waals surface area contributed by atoms with E-state index in [0.717, 1.165) is 31.0 Å². The summed E-state index contributed by atoms with van der Waals surface area (Å²) in [6.07, 6.45) is 2.83. The molecule has 3 aromatic rings. The van der Waals surface area contributed by atoms with Crippen molar-refractivity contribution in [3.63, 3.8) is 0 Å². The largest absolute Gasteiger partial charge is 0.336 e. The summed E-state index contributed by atoms with van der Waals surface area (Å²) < 4.78 is 46.2. The molecule has 10 heteroatoms. The van der Waals surface area contributed by atoms with Crippen molar-refractivity contribution in [3.8, 4) is 0 Å².